The van der Waals surface area contributed by atoms with E-state index in [9.17, 15) is 5.11 Å². The first-order valence-electron chi connectivity index (χ1n) is 13.5. The lowest BCUT2D eigenvalue weighted by atomic mass is 9.86. The second kappa shape index (κ2) is 10.6. The van der Waals surface area contributed by atoms with Gasteiger partial charge in [0.2, 0.25) is 0 Å². The number of aliphatic hydroxyl groups is 1. The first-order valence-corrected chi connectivity index (χ1v) is 13.5. The van der Waals surface area contributed by atoms with Gasteiger partial charge in [-0.05, 0) is 59.7 Å². The molecule has 4 aromatic rings. The highest BCUT2D eigenvalue weighted by molar-refractivity contribution is 5.85. The van der Waals surface area contributed by atoms with Crippen molar-refractivity contribution >= 4 is 10.8 Å². The Balaban J connectivity index is 1.19. The van der Waals surface area contributed by atoms with E-state index in [0.29, 0.717) is 17.8 Å². The lowest BCUT2D eigenvalue weighted by molar-refractivity contribution is 0.0157. The zero-order chi connectivity index (χ0) is 24.3. The van der Waals surface area contributed by atoms with E-state index in [0.717, 1.165) is 43.7 Å². The van der Waals surface area contributed by atoms with E-state index >= 15 is 0 Å². The van der Waals surface area contributed by atoms with Crippen molar-refractivity contribution in [1.29, 1.82) is 0 Å². The monoisotopic (exact) mass is 476 g/mol. The van der Waals surface area contributed by atoms with Gasteiger partial charge in [-0.2, -0.15) is 0 Å². The van der Waals surface area contributed by atoms with Crippen LogP contribution < -0.4 is 0 Å². The fourth-order valence-electron chi connectivity index (χ4n) is 6.55. The van der Waals surface area contributed by atoms with Gasteiger partial charge in [-0.15, -0.1) is 0 Å². The maximum atomic E-state index is 11.6. The van der Waals surface area contributed by atoms with Gasteiger partial charge in [0.05, 0.1) is 0 Å². The van der Waals surface area contributed by atoms with Crippen molar-refractivity contribution in [2.75, 3.05) is 32.7 Å². The third-order valence-electron chi connectivity index (χ3n) is 8.50. The van der Waals surface area contributed by atoms with E-state index in [-0.39, 0.29) is 0 Å². The van der Waals surface area contributed by atoms with E-state index in [1.54, 1.807) is 0 Å². The molecular formula is C33H36N2O. The standard InChI is InChI=1S/C33H36N2O/c36-33(31-17-9-15-27-14-7-8-16-30(27)31)35-23-29(32(24-35)28-12-5-2-6-13-28)22-34-20-18-26(19-21-34)25-10-3-1-4-11-25/h1-17,26,29,32-33,36H,18-24H2/t29-,32+,33?/m0/s1. The highest BCUT2D eigenvalue weighted by atomic mass is 16.3. The van der Waals surface area contributed by atoms with Crippen LogP contribution in [0.15, 0.2) is 103 Å². The van der Waals surface area contributed by atoms with Crippen molar-refractivity contribution in [3.05, 3.63) is 120 Å². The second-order valence-electron chi connectivity index (χ2n) is 10.7. The first kappa shape index (κ1) is 23.4. The van der Waals surface area contributed by atoms with Crippen LogP contribution in [0, 0.1) is 5.92 Å². The van der Waals surface area contributed by atoms with Crippen LogP contribution in [-0.4, -0.2) is 47.6 Å². The summed E-state index contributed by atoms with van der Waals surface area (Å²) in [5.41, 5.74) is 3.91. The molecule has 2 saturated heterocycles. The Morgan fingerprint density at radius 3 is 2.08 bits per heavy atom. The normalized spacial score (nSPS) is 22.7. The number of piperidine rings is 1. The molecule has 0 bridgehead atoms. The molecule has 0 aromatic heterocycles. The molecule has 4 aromatic carbocycles. The maximum absolute atomic E-state index is 11.6. The quantitative estimate of drug-likeness (QED) is 0.348. The Morgan fingerprint density at radius 1 is 0.694 bits per heavy atom. The number of rotatable bonds is 6. The van der Waals surface area contributed by atoms with Gasteiger partial charge in [-0.25, -0.2) is 0 Å². The summed E-state index contributed by atoms with van der Waals surface area (Å²) in [5, 5.41) is 13.9. The molecule has 0 spiro atoms. The lowest BCUT2D eigenvalue weighted by Gasteiger charge is -2.35. The van der Waals surface area contributed by atoms with Gasteiger partial charge in [0.1, 0.15) is 6.23 Å². The van der Waals surface area contributed by atoms with Crippen LogP contribution in [0.25, 0.3) is 10.8 Å². The summed E-state index contributed by atoms with van der Waals surface area (Å²) in [4.78, 5) is 4.98. The molecule has 0 amide bonds. The van der Waals surface area contributed by atoms with Gasteiger partial charge < -0.3 is 10.0 Å². The van der Waals surface area contributed by atoms with E-state index < -0.39 is 6.23 Å². The van der Waals surface area contributed by atoms with E-state index in [4.69, 9.17) is 0 Å². The van der Waals surface area contributed by atoms with Crippen LogP contribution in [0.5, 0.6) is 0 Å². The third-order valence-corrected chi connectivity index (χ3v) is 8.50. The number of hydrogen-bond acceptors (Lipinski definition) is 3. The molecule has 1 unspecified atom stereocenters. The van der Waals surface area contributed by atoms with Crippen LogP contribution in [0.4, 0.5) is 0 Å². The second-order valence-corrected chi connectivity index (χ2v) is 10.7. The van der Waals surface area contributed by atoms with Gasteiger partial charge in [0.25, 0.3) is 0 Å². The first-order chi connectivity index (χ1) is 17.8. The highest BCUT2D eigenvalue weighted by Crippen LogP contribution is 2.39. The summed E-state index contributed by atoms with van der Waals surface area (Å²) in [6.07, 6.45) is 1.88. The molecule has 36 heavy (non-hydrogen) atoms. The number of fused-ring (bicyclic) bond motifs is 1. The SMILES string of the molecule is OC(c1cccc2ccccc12)N1C[C@H](CN2CCC(c3ccccc3)CC2)[C@@H](c2ccccc2)C1. The minimum atomic E-state index is -0.587. The minimum Gasteiger partial charge on any atom is -0.374 e. The number of aliphatic hydroxyl groups excluding tert-OH is 1. The number of likely N-dealkylation sites (tertiary alicyclic amines) is 2. The number of hydrogen-bond donors (Lipinski definition) is 1. The fraction of sp³-hybridized carbons (Fsp3) is 0.333. The summed E-state index contributed by atoms with van der Waals surface area (Å²) in [7, 11) is 0. The molecule has 2 aliphatic rings. The Hall–Kier alpha value is -2.98. The molecule has 0 radical (unpaired) electrons. The molecular weight excluding hydrogens is 440 g/mol. The van der Waals surface area contributed by atoms with Crippen molar-refractivity contribution in [3.63, 3.8) is 0 Å². The van der Waals surface area contributed by atoms with Crippen molar-refractivity contribution in [3.8, 4) is 0 Å². The topological polar surface area (TPSA) is 26.7 Å². The van der Waals surface area contributed by atoms with Gasteiger partial charge in [-0.3, -0.25) is 4.90 Å². The average molecular weight is 477 g/mol. The van der Waals surface area contributed by atoms with Gasteiger partial charge in [-0.1, -0.05) is 103 Å². The predicted molar refractivity (Wildman–Crippen MR) is 148 cm³/mol. The fourth-order valence-corrected chi connectivity index (χ4v) is 6.55. The van der Waals surface area contributed by atoms with E-state index in [1.807, 2.05) is 0 Å². The molecule has 2 fully saturated rings. The summed E-state index contributed by atoms with van der Waals surface area (Å²) in [6, 6.07) is 36.7. The lowest BCUT2D eigenvalue weighted by Crippen LogP contribution is -2.38. The molecule has 1 N–H and O–H groups in total. The molecule has 0 saturated carbocycles. The Morgan fingerprint density at radius 2 is 1.33 bits per heavy atom. The molecule has 3 heteroatoms. The van der Waals surface area contributed by atoms with Gasteiger partial charge in [0.15, 0.2) is 0 Å². The molecule has 3 atom stereocenters. The van der Waals surface area contributed by atoms with Crippen molar-refractivity contribution in [1.82, 2.24) is 9.80 Å². The Labute approximate surface area is 215 Å². The summed E-state index contributed by atoms with van der Waals surface area (Å²) < 4.78 is 0. The number of nitrogens with zero attached hydrogens (tertiary/aromatic N) is 2. The highest BCUT2D eigenvalue weighted by Gasteiger charge is 2.38. The van der Waals surface area contributed by atoms with Crippen LogP contribution in [0.2, 0.25) is 0 Å². The molecule has 6 rings (SSSR count). The van der Waals surface area contributed by atoms with Gasteiger partial charge >= 0.3 is 0 Å². The largest absolute Gasteiger partial charge is 0.374 e. The van der Waals surface area contributed by atoms with Crippen molar-refractivity contribution in [2.45, 2.75) is 30.9 Å². The van der Waals surface area contributed by atoms with Crippen LogP contribution in [-0.2, 0) is 0 Å². The zero-order valence-electron chi connectivity index (χ0n) is 20.9. The van der Waals surface area contributed by atoms with Crippen molar-refractivity contribution < 1.29 is 5.11 Å². The molecule has 0 aliphatic carbocycles. The number of benzene rings is 4. The molecule has 2 aliphatic heterocycles. The van der Waals surface area contributed by atoms with Crippen LogP contribution >= 0.6 is 0 Å². The maximum Gasteiger partial charge on any atom is 0.134 e. The van der Waals surface area contributed by atoms with E-state index in [1.165, 1.54) is 29.4 Å². The Kier molecular flexibility index (Phi) is 6.87. The van der Waals surface area contributed by atoms with Crippen LogP contribution in [0.1, 0.15) is 47.6 Å². The van der Waals surface area contributed by atoms with Crippen molar-refractivity contribution in [2.24, 2.45) is 5.92 Å². The van der Waals surface area contributed by atoms with Gasteiger partial charge in [0, 0.05) is 31.1 Å². The smallest absolute Gasteiger partial charge is 0.134 e. The average Bonchev–Trinajstić information content (AvgIpc) is 3.37. The zero-order valence-corrected chi connectivity index (χ0v) is 20.9. The summed E-state index contributed by atoms with van der Waals surface area (Å²) in [5.74, 6) is 1.62. The molecule has 2 heterocycles. The predicted octanol–water partition coefficient (Wildman–Crippen LogP) is 6.43. The summed E-state index contributed by atoms with van der Waals surface area (Å²) >= 11 is 0. The van der Waals surface area contributed by atoms with E-state index in [2.05, 4.69) is 113 Å². The summed E-state index contributed by atoms with van der Waals surface area (Å²) in [6.45, 7) is 5.22. The third kappa shape index (κ3) is 4.84. The van der Waals surface area contributed by atoms with Crippen LogP contribution in [0.3, 0.4) is 0 Å². The Bertz CT molecular complexity index is 1260. The molecule has 184 valence electrons. The minimum absolute atomic E-state index is 0.433. The molecule has 3 nitrogen and oxygen atoms in total.